The Kier molecular flexibility index (Phi) is 5.56. The standard InChI is InChI=1S/C13H25NO4/c1-10(12(15)17-4)11(2)14(3)9-13(16)5-7-18-8-6-13/h10-11,16H,5-9H2,1-4H3. The van der Waals surface area contributed by atoms with E-state index in [1.54, 1.807) is 0 Å². The molecule has 1 fully saturated rings. The molecule has 0 aromatic carbocycles. The number of carbonyl (C=O) groups excluding carboxylic acids is 1. The van der Waals surface area contributed by atoms with E-state index in [2.05, 4.69) is 0 Å². The Balaban J connectivity index is 2.53. The molecule has 0 aromatic heterocycles. The van der Waals surface area contributed by atoms with Crippen molar-refractivity contribution in [2.24, 2.45) is 5.92 Å². The summed E-state index contributed by atoms with van der Waals surface area (Å²) in [7, 11) is 3.33. The number of rotatable bonds is 5. The minimum absolute atomic E-state index is 0.0318. The van der Waals surface area contributed by atoms with Crippen molar-refractivity contribution >= 4 is 5.97 Å². The summed E-state index contributed by atoms with van der Waals surface area (Å²) in [4.78, 5) is 13.5. The zero-order valence-corrected chi connectivity index (χ0v) is 11.8. The van der Waals surface area contributed by atoms with Gasteiger partial charge in [-0.3, -0.25) is 9.69 Å². The van der Waals surface area contributed by atoms with E-state index < -0.39 is 5.60 Å². The van der Waals surface area contributed by atoms with Crippen LogP contribution in [0.2, 0.25) is 0 Å². The van der Waals surface area contributed by atoms with Gasteiger partial charge in [0, 0.05) is 38.6 Å². The summed E-state index contributed by atoms with van der Waals surface area (Å²) in [5.74, 6) is -0.420. The molecule has 0 bridgehead atoms. The largest absolute Gasteiger partial charge is 0.469 e. The molecule has 5 nitrogen and oxygen atoms in total. The Labute approximate surface area is 109 Å². The van der Waals surface area contributed by atoms with Crippen LogP contribution in [0, 0.1) is 5.92 Å². The van der Waals surface area contributed by atoms with Crippen LogP contribution in [-0.2, 0) is 14.3 Å². The highest BCUT2D eigenvalue weighted by molar-refractivity contribution is 5.72. The number of aliphatic hydroxyl groups is 1. The first-order valence-electron chi connectivity index (χ1n) is 6.48. The lowest BCUT2D eigenvalue weighted by Gasteiger charge is -2.38. The van der Waals surface area contributed by atoms with Gasteiger partial charge >= 0.3 is 5.97 Å². The second-order valence-electron chi connectivity index (χ2n) is 5.30. The maximum atomic E-state index is 11.5. The van der Waals surface area contributed by atoms with Gasteiger partial charge in [0.15, 0.2) is 0 Å². The summed E-state index contributed by atoms with van der Waals surface area (Å²) in [5.41, 5.74) is -0.697. The molecular weight excluding hydrogens is 234 g/mol. The third kappa shape index (κ3) is 3.93. The molecule has 106 valence electrons. The van der Waals surface area contributed by atoms with Crippen LogP contribution in [0.3, 0.4) is 0 Å². The molecule has 5 heteroatoms. The molecule has 0 radical (unpaired) electrons. The van der Waals surface area contributed by atoms with E-state index in [0.29, 0.717) is 32.6 Å². The molecule has 0 saturated carbocycles. The number of nitrogens with zero attached hydrogens (tertiary/aromatic N) is 1. The van der Waals surface area contributed by atoms with Crippen molar-refractivity contribution in [3.05, 3.63) is 0 Å². The minimum Gasteiger partial charge on any atom is -0.469 e. The summed E-state index contributed by atoms with van der Waals surface area (Å²) in [6.07, 6.45) is 1.30. The molecule has 1 heterocycles. The van der Waals surface area contributed by atoms with Crippen molar-refractivity contribution in [2.75, 3.05) is 33.9 Å². The molecule has 1 rings (SSSR count). The first-order valence-corrected chi connectivity index (χ1v) is 6.48. The van der Waals surface area contributed by atoms with E-state index in [1.807, 2.05) is 25.8 Å². The molecular formula is C13H25NO4. The summed E-state index contributed by atoms with van der Waals surface area (Å²) in [6, 6.07) is 0.0318. The normalized spacial score (nSPS) is 22.6. The van der Waals surface area contributed by atoms with E-state index in [4.69, 9.17) is 9.47 Å². The summed E-state index contributed by atoms with van der Waals surface area (Å²) in [6.45, 7) is 5.58. The van der Waals surface area contributed by atoms with E-state index >= 15 is 0 Å². The van der Waals surface area contributed by atoms with Crippen LogP contribution in [0.5, 0.6) is 0 Å². The second kappa shape index (κ2) is 6.50. The number of hydrogen-bond acceptors (Lipinski definition) is 5. The lowest BCUT2D eigenvalue weighted by Crippen LogP contribution is -2.50. The maximum Gasteiger partial charge on any atom is 0.309 e. The predicted molar refractivity (Wildman–Crippen MR) is 68.3 cm³/mol. The van der Waals surface area contributed by atoms with Crippen molar-refractivity contribution in [2.45, 2.75) is 38.3 Å². The van der Waals surface area contributed by atoms with Crippen LogP contribution in [0.4, 0.5) is 0 Å². The fourth-order valence-electron chi connectivity index (χ4n) is 2.28. The first-order chi connectivity index (χ1) is 8.39. The van der Waals surface area contributed by atoms with Gasteiger partial charge in [0.2, 0.25) is 0 Å². The smallest absolute Gasteiger partial charge is 0.309 e. The van der Waals surface area contributed by atoms with Gasteiger partial charge in [0.25, 0.3) is 0 Å². The highest BCUT2D eigenvalue weighted by Crippen LogP contribution is 2.23. The van der Waals surface area contributed by atoms with Gasteiger partial charge in [-0.15, -0.1) is 0 Å². The topological polar surface area (TPSA) is 59.0 Å². The third-order valence-corrected chi connectivity index (χ3v) is 3.96. The summed E-state index contributed by atoms with van der Waals surface area (Å²) < 4.78 is 10.0. The Morgan fingerprint density at radius 2 is 2.00 bits per heavy atom. The second-order valence-corrected chi connectivity index (χ2v) is 5.30. The molecule has 1 aliphatic heterocycles. The van der Waals surface area contributed by atoms with Crippen LogP contribution >= 0.6 is 0 Å². The lowest BCUT2D eigenvalue weighted by atomic mass is 9.92. The van der Waals surface area contributed by atoms with E-state index in [-0.39, 0.29) is 17.9 Å². The van der Waals surface area contributed by atoms with Crippen molar-refractivity contribution in [3.63, 3.8) is 0 Å². The van der Waals surface area contributed by atoms with Gasteiger partial charge in [-0.2, -0.15) is 0 Å². The molecule has 2 atom stereocenters. The number of hydrogen-bond donors (Lipinski definition) is 1. The highest BCUT2D eigenvalue weighted by atomic mass is 16.5. The average Bonchev–Trinajstić information content (AvgIpc) is 2.36. The van der Waals surface area contributed by atoms with Crippen molar-refractivity contribution in [1.82, 2.24) is 4.90 Å². The molecule has 1 N–H and O–H groups in total. The molecule has 1 saturated heterocycles. The monoisotopic (exact) mass is 259 g/mol. The third-order valence-electron chi connectivity index (χ3n) is 3.96. The van der Waals surface area contributed by atoms with Crippen LogP contribution in [-0.4, -0.2) is 61.5 Å². The van der Waals surface area contributed by atoms with Crippen LogP contribution in [0.15, 0.2) is 0 Å². The van der Waals surface area contributed by atoms with Gasteiger partial charge in [-0.05, 0) is 14.0 Å². The molecule has 18 heavy (non-hydrogen) atoms. The molecule has 0 aliphatic carbocycles. The van der Waals surface area contributed by atoms with E-state index in [0.717, 1.165) is 0 Å². The Morgan fingerprint density at radius 3 is 2.50 bits per heavy atom. The summed E-state index contributed by atoms with van der Waals surface area (Å²) >= 11 is 0. The van der Waals surface area contributed by atoms with Gasteiger partial charge < -0.3 is 14.6 Å². The Morgan fingerprint density at radius 1 is 1.44 bits per heavy atom. The van der Waals surface area contributed by atoms with E-state index in [1.165, 1.54) is 7.11 Å². The molecule has 2 unspecified atom stereocenters. The number of ether oxygens (including phenoxy) is 2. The molecule has 1 aliphatic rings. The molecule has 0 amide bonds. The fourth-order valence-corrected chi connectivity index (χ4v) is 2.28. The van der Waals surface area contributed by atoms with Gasteiger partial charge in [0.05, 0.1) is 18.6 Å². The minimum atomic E-state index is -0.697. The fraction of sp³-hybridized carbons (Fsp3) is 0.923. The van der Waals surface area contributed by atoms with Crippen LogP contribution in [0.1, 0.15) is 26.7 Å². The highest BCUT2D eigenvalue weighted by Gasteiger charge is 2.34. The van der Waals surface area contributed by atoms with Gasteiger partial charge in [-0.1, -0.05) is 6.92 Å². The van der Waals surface area contributed by atoms with Crippen molar-refractivity contribution in [3.8, 4) is 0 Å². The Hall–Kier alpha value is -0.650. The van der Waals surface area contributed by atoms with E-state index in [9.17, 15) is 9.90 Å². The zero-order chi connectivity index (χ0) is 13.8. The quantitative estimate of drug-likeness (QED) is 0.735. The lowest BCUT2D eigenvalue weighted by molar-refractivity contribution is -0.147. The number of likely N-dealkylation sites (N-methyl/N-ethyl adjacent to an activating group) is 1. The van der Waals surface area contributed by atoms with Gasteiger partial charge in [-0.25, -0.2) is 0 Å². The van der Waals surface area contributed by atoms with Crippen molar-refractivity contribution in [1.29, 1.82) is 0 Å². The molecule has 0 aromatic rings. The van der Waals surface area contributed by atoms with Gasteiger partial charge in [0.1, 0.15) is 0 Å². The first kappa shape index (κ1) is 15.4. The number of esters is 1. The maximum absolute atomic E-state index is 11.5. The van der Waals surface area contributed by atoms with Crippen molar-refractivity contribution < 1.29 is 19.4 Å². The average molecular weight is 259 g/mol. The predicted octanol–water partition coefficient (Wildman–Crippen LogP) is 0.657. The number of carbonyl (C=O) groups is 1. The number of methoxy groups -OCH3 is 1. The van der Waals surface area contributed by atoms with Crippen LogP contribution in [0.25, 0.3) is 0 Å². The molecule has 0 spiro atoms. The SMILES string of the molecule is COC(=O)C(C)C(C)N(C)CC1(O)CCOCC1. The Bertz CT molecular complexity index is 276. The van der Waals surface area contributed by atoms with Crippen LogP contribution < -0.4 is 0 Å². The summed E-state index contributed by atoms with van der Waals surface area (Å²) in [5, 5.41) is 10.4. The zero-order valence-electron chi connectivity index (χ0n) is 11.8.